The number of carbonyl (C=O) groups is 1. The van der Waals surface area contributed by atoms with Crippen molar-refractivity contribution >= 4 is 5.91 Å². The third-order valence-corrected chi connectivity index (χ3v) is 2.98. The van der Waals surface area contributed by atoms with Crippen molar-refractivity contribution in [1.82, 2.24) is 4.90 Å². The van der Waals surface area contributed by atoms with Gasteiger partial charge in [0.2, 0.25) is 5.91 Å². The van der Waals surface area contributed by atoms with E-state index in [0.717, 1.165) is 25.8 Å². The Kier molecular flexibility index (Phi) is 3.93. The molecule has 2 N–H and O–H groups in total. The summed E-state index contributed by atoms with van der Waals surface area (Å²) in [5, 5.41) is 0. The SMILES string of the molecule is CCC[C@H](N)C(=O)N1CC(C)CC1C. The molecule has 1 aliphatic heterocycles. The van der Waals surface area contributed by atoms with Crippen molar-refractivity contribution in [1.29, 1.82) is 0 Å². The molecule has 3 nitrogen and oxygen atoms in total. The zero-order valence-corrected chi connectivity index (χ0v) is 9.49. The van der Waals surface area contributed by atoms with Crippen LogP contribution in [0.2, 0.25) is 0 Å². The highest BCUT2D eigenvalue weighted by molar-refractivity contribution is 5.82. The fraction of sp³-hybridized carbons (Fsp3) is 0.909. The van der Waals surface area contributed by atoms with Gasteiger partial charge in [-0.15, -0.1) is 0 Å². The largest absolute Gasteiger partial charge is 0.338 e. The lowest BCUT2D eigenvalue weighted by atomic mass is 10.1. The van der Waals surface area contributed by atoms with Gasteiger partial charge in [0, 0.05) is 12.6 Å². The predicted octanol–water partition coefficient (Wildman–Crippen LogP) is 1.37. The first-order chi connectivity index (χ1) is 6.56. The molecule has 0 aromatic rings. The van der Waals surface area contributed by atoms with E-state index in [1.165, 1.54) is 0 Å². The quantitative estimate of drug-likeness (QED) is 0.744. The molecule has 1 aliphatic rings. The van der Waals surface area contributed by atoms with E-state index < -0.39 is 0 Å². The van der Waals surface area contributed by atoms with Crippen LogP contribution in [0.5, 0.6) is 0 Å². The Bertz CT molecular complexity index is 205. The molecule has 3 atom stereocenters. The van der Waals surface area contributed by atoms with Crippen molar-refractivity contribution in [2.75, 3.05) is 6.54 Å². The van der Waals surface area contributed by atoms with Crippen LogP contribution in [0.3, 0.4) is 0 Å². The van der Waals surface area contributed by atoms with E-state index >= 15 is 0 Å². The van der Waals surface area contributed by atoms with E-state index in [-0.39, 0.29) is 11.9 Å². The molecule has 2 unspecified atom stereocenters. The zero-order valence-electron chi connectivity index (χ0n) is 9.49. The van der Waals surface area contributed by atoms with Crippen LogP contribution in [-0.2, 0) is 4.79 Å². The van der Waals surface area contributed by atoms with Crippen molar-refractivity contribution in [3.63, 3.8) is 0 Å². The molecule has 1 saturated heterocycles. The van der Waals surface area contributed by atoms with Crippen LogP contribution in [0.25, 0.3) is 0 Å². The lowest BCUT2D eigenvalue weighted by Gasteiger charge is -2.24. The first-order valence-corrected chi connectivity index (χ1v) is 5.62. The number of hydrogen-bond donors (Lipinski definition) is 1. The van der Waals surface area contributed by atoms with Crippen LogP contribution in [0, 0.1) is 5.92 Å². The maximum atomic E-state index is 11.9. The Balaban J connectivity index is 2.52. The number of rotatable bonds is 3. The standard InChI is InChI=1S/C11H22N2O/c1-4-5-10(12)11(14)13-7-8(2)6-9(13)3/h8-10H,4-7,12H2,1-3H3/t8?,9?,10-/m0/s1. The van der Waals surface area contributed by atoms with E-state index in [0.29, 0.717) is 12.0 Å². The van der Waals surface area contributed by atoms with E-state index in [2.05, 4.69) is 20.8 Å². The normalized spacial score (nSPS) is 29.3. The minimum Gasteiger partial charge on any atom is -0.338 e. The van der Waals surface area contributed by atoms with Gasteiger partial charge < -0.3 is 10.6 Å². The van der Waals surface area contributed by atoms with Gasteiger partial charge in [-0.2, -0.15) is 0 Å². The molecule has 1 fully saturated rings. The van der Waals surface area contributed by atoms with E-state index in [1.807, 2.05) is 4.90 Å². The number of nitrogens with zero attached hydrogens (tertiary/aromatic N) is 1. The van der Waals surface area contributed by atoms with Crippen LogP contribution in [0.1, 0.15) is 40.0 Å². The predicted molar refractivity (Wildman–Crippen MR) is 57.8 cm³/mol. The van der Waals surface area contributed by atoms with Gasteiger partial charge in [0.05, 0.1) is 6.04 Å². The Labute approximate surface area is 86.6 Å². The van der Waals surface area contributed by atoms with Gasteiger partial charge in [-0.25, -0.2) is 0 Å². The molecule has 1 rings (SSSR count). The fourth-order valence-electron chi connectivity index (χ4n) is 2.25. The summed E-state index contributed by atoms with van der Waals surface area (Å²) in [6.07, 6.45) is 2.89. The van der Waals surface area contributed by atoms with Crippen LogP contribution >= 0.6 is 0 Å². The van der Waals surface area contributed by atoms with E-state index in [1.54, 1.807) is 0 Å². The van der Waals surface area contributed by atoms with Gasteiger partial charge in [0.15, 0.2) is 0 Å². The number of likely N-dealkylation sites (tertiary alicyclic amines) is 1. The topological polar surface area (TPSA) is 46.3 Å². The van der Waals surface area contributed by atoms with Crippen LogP contribution in [-0.4, -0.2) is 29.4 Å². The highest BCUT2D eigenvalue weighted by Gasteiger charge is 2.31. The first kappa shape index (κ1) is 11.5. The molecule has 1 amide bonds. The fourth-order valence-corrected chi connectivity index (χ4v) is 2.25. The highest BCUT2D eigenvalue weighted by atomic mass is 16.2. The second-order valence-corrected chi connectivity index (χ2v) is 4.58. The second kappa shape index (κ2) is 4.78. The summed E-state index contributed by atoms with van der Waals surface area (Å²) in [7, 11) is 0. The molecule has 0 aromatic carbocycles. The summed E-state index contributed by atoms with van der Waals surface area (Å²) in [6, 6.07) is 0.0909. The highest BCUT2D eigenvalue weighted by Crippen LogP contribution is 2.23. The molecule has 3 heteroatoms. The molecule has 14 heavy (non-hydrogen) atoms. The van der Waals surface area contributed by atoms with Crippen LogP contribution < -0.4 is 5.73 Å². The summed E-state index contributed by atoms with van der Waals surface area (Å²) in [5.41, 5.74) is 5.82. The van der Waals surface area contributed by atoms with Crippen molar-refractivity contribution in [2.45, 2.75) is 52.1 Å². The number of amides is 1. The molecule has 0 bridgehead atoms. The van der Waals surface area contributed by atoms with E-state index in [9.17, 15) is 4.79 Å². The maximum Gasteiger partial charge on any atom is 0.239 e. The van der Waals surface area contributed by atoms with Crippen molar-refractivity contribution in [3.05, 3.63) is 0 Å². The average molecular weight is 198 g/mol. The maximum absolute atomic E-state index is 11.9. The monoisotopic (exact) mass is 198 g/mol. The van der Waals surface area contributed by atoms with Gasteiger partial charge in [-0.3, -0.25) is 4.79 Å². The Morgan fingerprint density at radius 3 is 2.64 bits per heavy atom. The number of hydrogen-bond acceptors (Lipinski definition) is 2. The lowest BCUT2D eigenvalue weighted by molar-refractivity contribution is -0.133. The third-order valence-electron chi connectivity index (χ3n) is 2.98. The van der Waals surface area contributed by atoms with Gasteiger partial charge in [-0.1, -0.05) is 20.3 Å². The number of carbonyl (C=O) groups excluding carboxylic acids is 1. The Hall–Kier alpha value is -0.570. The average Bonchev–Trinajstić information content (AvgIpc) is 2.44. The first-order valence-electron chi connectivity index (χ1n) is 5.62. The van der Waals surface area contributed by atoms with Gasteiger partial charge >= 0.3 is 0 Å². The third kappa shape index (κ3) is 2.47. The second-order valence-electron chi connectivity index (χ2n) is 4.58. The minimum atomic E-state index is -0.284. The van der Waals surface area contributed by atoms with Crippen molar-refractivity contribution in [3.8, 4) is 0 Å². The molecule has 82 valence electrons. The molecule has 0 saturated carbocycles. The molecule has 0 spiro atoms. The molecule has 1 heterocycles. The summed E-state index contributed by atoms with van der Waals surface area (Å²) >= 11 is 0. The van der Waals surface area contributed by atoms with Crippen molar-refractivity contribution in [2.24, 2.45) is 11.7 Å². The molecular weight excluding hydrogens is 176 g/mol. The summed E-state index contributed by atoms with van der Waals surface area (Å²) in [6.45, 7) is 7.25. The van der Waals surface area contributed by atoms with Gasteiger partial charge in [0.25, 0.3) is 0 Å². The van der Waals surface area contributed by atoms with Crippen molar-refractivity contribution < 1.29 is 4.79 Å². The lowest BCUT2D eigenvalue weighted by Crippen LogP contribution is -2.45. The summed E-state index contributed by atoms with van der Waals surface area (Å²) in [5.74, 6) is 0.770. The van der Waals surface area contributed by atoms with E-state index in [4.69, 9.17) is 5.73 Å². The summed E-state index contributed by atoms with van der Waals surface area (Å²) in [4.78, 5) is 13.8. The number of nitrogens with two attached hydrogens (primary N) is 1. The van der Waals surface area contributed by atoms with Crippen LogP contribution in [0.15, 0.2) is 0 Å². The Morgan fingerprint density at radius 2 is 2.21 bits per heavy atom. The minimum absolute atomic E-state index is 0.142. The van der Waals surface area contributed by atoms with Crippen LogP contribution in [0.4, 0.5) is 0 Å². The van der Waals surface area contributed by atoms with Gasteiger partial charge in [-0.05, 0) is 25.7 Å². The zero-order chi connectivity index (χ0) is 10.7. The summed E-state index contributed by atoms with van der Waals surface area (Å²) < 4.78 is 0. The van der Waals surface area contributed by atoms with Gasteiger partial charge in [0.1, 0.15) is 0 Å². The molecular formula is C11H22N2O. The molecule has 0 radical (unpaired) electrons. The molecule has 0 aliphatic carbocycles. The molecule has 0 aromatic heterocycles. The Morgan fingerprint density at radius 1 is 1.57 bits per heavy atom. The smallest absolute Gasteiger partial charge is 0.239 e.